The fourth-order valence-electron chi connectivity index (χ4n) is 3.02. The molecule has 0 aliphatic heterocycles. The van der Waals surface area contributed by atoms with Crippen LogP contribution in [0, 0.1) is 5.92 Å². The number of carbonyl (C=O) groups is 2. The maximum absolute atomic E-state index is 12.4. The van der Waals surface area contributed by atoms with Crippen molar-refractivity contribution in [2.75, 3.05) is 17.2 Å². The molecule has 1 aliphatic rings. The van der Waals surface area contributed by atoms with Crippen LogP contribution in [0.3, 0.4) is 0 Å². The zero-order valence-corrected chi connectivity index (χ0v) is 15.4. The molecule has 2 N–H and O–H groups in total. The summed E-state index contributed by atoms with van der Waals surface area (Å²) in [4.78, 5) is 24.4. The van der Waals surface area contributed by atoms with Crippen molar-refractivity contribution in [1.29, 1.82) is 0 Å². The Hall–Kier alpha value is -3.08. The van der Waals surface area contributed by atoms with Crippen molar-refractivity contribution in [1.82, 2.24) is 0 Å². The fourth-order valence-corrected chi connectivity index (χ4v) is 3.02. The van der Waals surface area contributed by atoms with Gasteiger partial charge in [-0.1, -0.05) is 12.2 Å². The van der Waals surface area contributed by atoms with Crippen LogP contribution in [0.2, 0.25) is 0 Å². The van der Waals surface area contributed by atoms with Gasteiger partial charge in [0.15, 0.2) is 0 Å². The predicted molar refractivity (Wildman–Crippen MR) is 107 cm³/mol. The van der Waals surface area contributed by atoms with Gasteiger partial charge >= 0.3 is 0 Å². The zero-order chi connectivity index (χ0) is 19.1. The molecule has 140 valence electrons. The lowest BCUT2D eigenvalue weighted by Gasteiger charge is -2.10. The highest BCUT2D eigenvalue weighted by Crippen LogP contribution is 2.21. The molecule has 0 aromatic heterocycles. The Bertz CT molecular complexity index is 810. The van der Waals surface area contributed by atoms with Crippen LogP contribution in [-0.2, 0) is 4.79 Å². The van der Waals surface area contributed by atoms with Gasteiger partial charge in [-0.05, 0) is 74.2 Å². The molecule has 3 rings (SSSR count). The van der Waals surface area contributed by atoms with Crippen LogP contribution in [0.5, 0.6) is 5.75 Å². The van der Waals surface area contributed by atoms with Gasteiger partial charge in [-0.25, -0.2) is 0 Å². The van der Waals surface area contributed by atoms with Crippen LogP contribution in [0.1, 0.15) is 36.5 Å². The summed E-state index contributed by atoms with van der Waals surface area (Å²) in [5.74, 6) is 0.902. The maximum Gasteiger partial charge on any atom is 0.255 e. The van der Waals surface area contributed by atoms with Gasteiger partial charge < -0.3 is 15.4 Å². The number of carbonyl (C=O) groups excluding carboxylic acids is 2. The van der Waals surface area contributed by atoms with Gasteiger partial charge in [0, 0.05) is 23.4 Å². The summed E-state index contributed by atoms with van der Waals surface area (Å²) in [6.07, 6.45) is 6.81. The van der Waals surface area contributed by atoms with Crippen molar-refractivity contribution in [3.8, 4) is 5.75 Å². The number of allylic oxidation sites excluding steroid dienone is 2. The van der Waals surface area contributed by atoms with Crippen molar-refractivity contribution in [3.05, 3.63) is 66.2 Å². The van der Waals surface area contributed by atoms with Crippen LogP contribution in [-0.4, -0.2) is 18.4 Å². The van der Waals surface area contributed by atoms with E-state index in [-0.39, 0.29) is 11.8 Å². The van der Waals surface area contributed by atoms with Crippen molar-refractivity contribution in [2.24, 2.45) is 5.92 Å². The molecule has 5 nitrogen and oxygen atoms in total. The lowest BCUT2D eigenvalue weighted by Crippen LogP contribution is -2.15. The zero-order valence-electron chi connectivity index (χ0n) is 15.4. The van der Waals surface area contributed by atoms with Gasteiger partial charge in [0.25, 0.3) is 5.91 Å². The first-order valence-corrected chi connectivity index (χ1v) is 9.25. The highest BCUT2D eigenvalue weighted by atomic mass is 16.5. The minimum Gasteiger partial charge on any atom is -0.494 e. The third kappa shape index (κ3) is 5.45. The van der Waals surface area contributed by atoms with E-state index in [0.717, 1.165) is 18.6 Å². The normalized spacial score (nSPS) is 15.4. The van der Waals surface area contributed by atoms with E-state index in [1.807, 2.05) is 19.1 Å². The SMILES string of the molecule is CCOc1ccc(NC(=O)c2ccc(NC(=O)CC3C=CCC3)cc2)cc1. The van der Waals surface area contributed by atoms with Gasteiger partial charge in [0.1, 0.15) is 5.75 Å². The van der Waals surface area contributed by atoms with E-state index in [1.54, 1.807) is 36.4 Å². The number of nitrogens with one attached hydrogen (secondary N) is 2. The quantitative estimate of drug-likeness (QED) is 0.704. The molecule has 27 heavy (non-hydrogen) atoms. The van der Waals surface area contributed by atoms with Crippen LogP contribution in [0.15, 0.2) is 60.7 Å². The molecule has 1 unspecified atom stereocenters. The molecule has 2 amide bonds. The molecule has 1 aliphatic carbocycles. The Morgan fingerprint density at radius 1 is 1.00 bits per heavy atom. The average Bonchev–Trinajstić information content (AvgIpc) is 3.17. The first kappa shape index (κ1) is 18.7. The maximum atomic E-state index is 12.4. The predicted octanol–water partition coefficient (Wildman–Crippen LogP) is 4.63. The summed E-state index contributed by atoms with van der Waals surface area (Å²) >= 11 is 0. The molecule has 0 radical (unpaired) electrons. The smallest absolute Gasteiger partial charge is 0.255 e. The summed E-state index contributed by atoms with van der Waals surface area (Å²) in [6, 6.07) is 14.1. The van der Waals surface area contributed by atoms with E-state index in [0.29, 0.717) is 35.9 Å². The Morgan fingerprint density at radius 3 is 2.30 bits per heavy atom. The molecule has 0 heterocycles. The van der Waals surface area contributed by atoms with Crippen LogP contribution >= 0.6 is 0 Å². The van der Waals surface area contributed by atoms with Crippen molar-refractivity contribution in [3.63, 3.8) is 0 Å². The molecule has 2 aromatic rings. The molecule has 0 fully saturated rings. The van der Waals surface area contributed by atoms with Gasteiger partial charge in [0.05, 0.1) is 6.61 Å². The molecule has 1 atom stereocenters. The average molecular weight is 364 g/mol. The number of rotatable bonds is 7. The molecule has 0 spiro atoms. The number of hydrogen-bond donors (Lipinski definition) is 2. The lowest BCUT2D eigenvalue weighted by molar-refractivity contribution is -0.116. The highest BCUT2D eigenvalue weighted by Gasteiger charge is 2.14. The first-order valence-electron chi connectivity index (χ1n) is 9.25. The Kier molecular flexibility index (Phi) is 6.26. The number of benzene rings is 2. The number of amides is 2. The highest BCUT2D eigenvalue weighted by molar-refractivity contribution is 6.04. The van der Waals surface area contributed by atoms with Crippen molar-refractivity contribution < 1.29 is 14.3 Å². The van der Waals surface area contributed by atoms with Gasteiger partial charge in [-0.15, -0.1) is 0 Å². The molecule has 5 heteroatoms. The van der Waals surface area contributed by atoms with E-state index in [2.05, 4.69) is 22.8 Å². The van der Waals surface area contributed by atoms with Gasteiger partial charge in [0.2, 0.25) is 5.91 Å². The van der Waals surface area contributed by atoms with Crippen LogP contribution in [0.4, 0.5) is 11.4 Å². The van der Waals surface area contributed by atoms with E-state index >= 15 is 0 Å². The minimum atomic E-state index is -0.201. The Morgan fingerprint density at radius 2 is 1.67 bits per heavy atom. The van der Waals surface area contributed by atoms with E-state index < -0.39 is 0 Å². The lowest BCUT2D eigenvalue weighted by atomic mass is 10.0. The summed E-state index contributed by atoms with van der Waals surface area (Å²) < 4.78 is 5.39. The second kappa shape index (κ2) is 9.03. The van der Waals surface area contributed by atoms with E-state index in [1.165, 1.54) is 0 Å². The third-order valence-corrected chi connectivity index (χ3v) is 4.41. The third-order valence-electron chi connectivity index (χ3n) is 4.41. The Labute approximate surface area is 159 Å². The topological polar surface area (TPSA) is 67.4 Å². The first-order chi connectivity index (χ1) is 13.1. The molecule has 2 aromatic carbocycles. The van der Waals surface area contributed by atoms with Crippen LogP contribution in [0.25, 0.3) is 0 Å². The number of ether oxygens (including phenoxy) is 1. The molecular formula is C22H24N2O3. The second-order valence-electron chi connectivity index (χ2n) is 6.51. The fraction of sp³-hybridized carbons (Fsp3) is 0.273. The monoisotopic (exact) mass is 364 g/mol. The van der Waals surface area contributed by atoms with Crippen molar-refractivity contribution in [2.45, 2.75) is 26.2 Å². The van der Waals surface area contributed by atoms with Gasteiger partial charge in [-0.3, -0.25) is 9.59 Å². The summed E-state index contributed by atoms with van der Waals surface area (Å²) in [5.41, 5.74) is 1.92. The Balaban J connectivity index is 1.53. The summed E-state index contributed by atoms with van der Waals surface area (Å²) in [5, 5.41) is 5.73. The molecule has 0 bridgehead atoms. The van der Waals surface area contributed by atoms with Crippen LogP contribution < -0.4 is 15.4 Å². The van der Waals surface area contributed by atoms with E-state index in [9.17, 15) is 9.59 Å². The number of hydrogen-bond acceptors (Lipinski definition) is 3. The summed E-state index contributed by atoms with van der Waals surface area (Å²) in [6.45, 7) is 2.53. The second-order valence-corrected chi connectivity index (χ2v) is 6.51. The largest absolute Gasteiger partial charge is 0.494 e. The standard InChI is InChI=1S/C22H24N2O3/c1-2-27-20-13-11-19(12-14-20)24-22(26)17-7-9-18(10-8-17)23-21(25)15-16-5-3-4-6-16/h3,5,7-14,16H,2,4,6,15H2,1H3,(H,23,25)(H,24,26). The molecule has 0 saturated heterocycles. The van der Waals surface area contributed by atoms with Crippen molar-refractivity contribution >= 4 is 23.2 Å². The molecular weight excluding hydrogens is 340 g/mol. The summed E-state index contributed by atoms with van der Waals surface area (Å²) in [7, 11) is 0. The van der Waals surface area contributed by atoms with Gasteiger partial charge in [-0.2, -0.15) is 0 Å². The molecule has 0 saturated carbocycles. The number of anilines is 2. The van der Waals surface area contributed by atoms with E-state index in [4.69, 9.17) is 4.74 Å². The minimum absolute atomic E-state index is 0.00172.